The van der Waals surface area contributed by atoms with E-state index in [1.165, 1.54) is 0 Å². The van der Waals surface area contributed by atoms with E-state index < -0.39 is 6.04 Å². The Morgan fingerprint density at radius 2 is 2.03 bits per heavy atom. The number of halogens is 2. The van der Waals surface area contributed by atoms with Gasteiger partial charge in [0.25, 0.3) is 5.91 Å². The van der Waals surface area contributed by atoms with E-state index in [0.717, 1.165) is 16.7 Å². The fourth-order valence-electron chi connectivity index (χ4n) is 2.91. The summed E-state index contributed by atoms with van der Waals surface area (Å²) in [6.45, 7) is 9.63. The first-order valence-corrected chi connectivity index (χ1v) is 10.4. The van der Waals surface area contributed by atoms with Crippen LogP contribution in [0.4, 0.5) is 0 Å². The van der Waals surface area contributed by atoms with E-state index in [0.29, 0.717) is 21.4 Å². The molecule has 0 radical (unpaired) electrons. The number of aliphatic hydroxyl groups excluding tert-OH is 1. The fourth-order valence-corrected chi connectivity index (χ4v) is 3.27. The van der Waals surface area contributed by atoms with Gasteiger partial charge in [0, 0.05) is 39.1 Å². The average Bonchev–Trinajstić information content (AvgIpc) is 3.19. The van der Waals surface area contributed by atoms with E-state index >= 15 is 0 Å². The number of rotatable bonds is 9. The molecule has 0 aliphatic carbocycles. The van der Waals surface area contributed by atoms with Crippen LogP contribution in [0.2, 0.25) is 5.02 Å². The highest BCUT2D eigenvalue weighted by Crippen LogP contribution is 2.28. The van der Waals surface area contributed by atoms with Gasteiger partial charge in [-0.05, 0) is 50.6 Å². The molecule has 7 heteroatoms. The second kappa shape index (κ2) is 11.1. The van der Waals surface area contributed by atoms with E-state index in [-0.39, 0.29) is 18.6 Å². The molecule has 1 aromatic carbocycles. The van der Waals surface area contributed by atoms with Crippen molar-refractivity contribution in [1.82, 2.24) is 15.6 Å². The van der Waals surface area contributed by atoms with Gasteiger partial charge in [0.15, 0.2) is 0 Å². The van der Waals surface area contributed by atoms with Gasteiger partial charge in [-0.15, -0.1) is 0 Å². The second-order valence-electron chi connectivity index (χ2n) is 7.08. The number of amides is 1. The van der Waals surface area contributed by atoms with Crippen molar-refractivity contribution in [3.8, 4) is 0 Å². The first-order chi connectivity index (χ1) is 14.2. The fraction of sp³-hybridized carbons (Fsp3) is 0.261. The first-order valence-electron chi connectivity index (χ1n) is 9.60. The molecular formula is C23H27Cl2N3O2. The van der Waals surface area contributed by atoms with Crippen LogP contribution in [0.5, 0.6) is 0 Å². The SMILES string of the molecule is C=C(/C=C(\C(Cl)=C/C)c1c[nH]c(C(=O)N[C@H](CO)c2cccc(Cl)c2)c1)NC(C)C. The Morgan fingerprint density at radius 1 is 1.30 bits per heavy atom. The van der Waals surface area contributed by atoms with Crippen molar-refractivity contribution in [3.63, 3.8) is 0 Å². The van der Waals surface area contributed by atoms with E-state index in [1.54, 1.807) is 42.6 Å². The number of carbonyl (C=O) groups excluding carboxylic acids is 1. The van der Waals surface area contributed by atoms with E-state index in [2.05, 4.69) is 22.2 Å². The third-order valence-electron chi connectivity index (χ3n) is 4.28. The molecule has 2 rings (SSSR count). The normalized spacial score (nSPS) is 13.3. The Balaban J connectivity index is 2.24. The van der Waals surface area contributed by atoms with Crippen LogP contribution in [-0.4, -0.2) is 28.6 Å². The number of nitrogens with one attached hydrogen (secondary N) is 3. The van der Waals surface area contributed by atoms with E-state index in [4.69, 9.17) is 23.2 Å². The van der Waals surface area contributed by atoms with Gasteiger partial charge < -0.3 is 20.7 Å². The van der Waals surface area contributed by atoms with Crippen LogP contribution >= 0.6 is 23.2 Å². The zero-order valence-corrected chi connectivity index (χ0v) is 18.8. The Bertz CT molecular complexity index is 961. The van der Waals surface area contributed by atoms with Crippen molar-refractivity contribution < 1.29 is 9.90 Å². The predicted molar refractivity (Wildman–Crippen MR) is 125 cm³/mol. The average molecular weight is 448 g/mol. The Hall–Kier alpha value is -2.47. The summed E-state index contributed by atoms with van der Waals surface area (Å²) < 4.78 is 0. The highest BCUT2D eigenvalue weighted by molar-refractivity contribution is 6.37. The molecule has 4 N–H and O–H groups in total. The van der Waals surface area contributed by atoms with E-state index in [9.17, 15) is 9.90 Å². The van der Waals surface area contributed by atoms with Gasteiger partial charge in [-0.1, -0.05) is 48.0 Å². The summed E-state index contributed by atoms with van der Waals surface area (Å²) in [4.78, 5) is 15.7. The van der Waals surface area contributed by atoms with Gasteiger partial charge in [-0.25, -0.2) is 0 Å². The summed E-state index contributed by atoms with van der Waals surface area (Å²) in [7, 11) is 0. The van der Waals surface area contributed by atoms with Crippen LogP contribution in [0.15, 0.2) is 66.0 Å². The lowest BCUT2D eigenvalue weighted by Gasteiger charge is -2.16. The van der Waals surface area contributed by atoms with Crippen molar-refractivity contribution in [2.24, 2.45) is 0 Å². The number of H-pyrrole nitrogens is 1. The summed E-state index contributed by atoms with van der Waals surface area (Å²) in [5, 5.41) is 16.8. The number of aliphatic hydroxyl groups is 1. The molecule has 0 saturated carbocycles. The van der Waals surface area contributed by atoms with Crippen molar-refractivity contribution in [2.75, 3.05) is 6.61 Å². The number of carbonyl (C=O) groups is 1. The summed E-state index contributed by atoms with van der Waals surface area (Å²) in [6.07, 6.45) is 5.34. The molecular weight excluding hydrogens is 421 g/mol. The number of hydrogen-bond donors (Lipinski definition) is 4. The van der Waals surface area contributed by atoms with Crippen LogP contribution < -0.4 is 10.6 Å². The molecule has 5 nitrogen and oxygen atoms in total. The molecule has 0 saturated heterocycles. The predicted octanol–water partition coefficient (Wildman–Crippen LogP) is 5.17. The molecule has 1 amide bonds. The van der Waals surface area contributed by atoms with Crippen LogP contribution in [0.1, 0.15) is 48.4 Å². The number of benzene rings is 1. The van der Waals surface area contributed by atoms with Crippen molar-refractivity contribution in [2.45, 2.75) is 32.9 Å². The molecule has 0 fully saturated rings. The van der Waals surface area contributed by atoms with Gasteiger partial charge in [0.2, 0.25) is 0 Å². The molecule has 0 aliphatic rings. The lowest BCUT2D eigenvalue weighted by Crippen LogP contribution is -2.31. The number of hydrogen-bond acceptors (Lipinski definition) is 3. The maximum absolute atomic E-state index is 12.7. The highest BCUT2D eigenvalue weighted by Gasteiger charge is 2.18. The summed E-state index contributed by atoms with van der Waals surface area (Å²) in [5.74, 6) is -0.352. The molecule has 0 spiro atoms. The lowest BCUT2D eigenvalue weighted by atomic mass is 10.1. The maximum atomic E-state index is 12.7. The summed E-state index contributed by atoms with van der Waals surface area (Å²) >= 11 is 12.4. The van der Waals surface area contributed by atoms with Gasteiger partial charge in [0.1, 0.15) is 5.69 Å². The zero-order chi connectivity index (χ0) is 22.3. The molecule has 0 bridgehead atoms. The van der Waals surface area contributed by atoms with Crippen LogP contribution in [-0.2, 0) is 0 Å². The van der Waals surface area contributed by atoms with Gasteiger partial charge in [-0.3, -0.25) is 4.79 Å². The third kappa shape index (κ3) is 6.52. The smallest absolute Gasteiger partial charge is 0.268 e. The molecule has 1 heterocycles. The monoisotopic (exact) mass is 447 g/mol. The Morgan fingerprint density at radius 3 is 2.63 bits per heavy atom. The van der Waals surface area contributed by atoms with Crippen molar-refractivity contribution >= 4 is 34.7 Å². The third-order valence-corrected chi connectivity index (χ3v) is 4.94. The van der Waals surface area contributed by atoms with Gasteiger partial charge in [0.05, 0.1) is 12.6 Å². The topological polar surface area (TPSA) is 77.2 Å². The molecule has 160 valence electrons. The standard InChI is InChI=1S/C23H27Cl2N3O2/c1-5-20(25)19(9-15(4)27-14(2)3)17-11-21(26-12-17)23(30)28-22(13-29)16-7-6-8-18(24)10-16/h5-12,14,22,26-27,29H,4,13H2,1-3H3,(H,28,30)/b19-9-,20-5+/t22-/m1/s1. The Kier molecular flexibility index (Phi) is 8.78. The zero-order valence-electron chi connectivity index (χ0n) is 17.3. The van der Waals surface area contributed by atoms with E-state index in [1.807, 2.05) is 26.8 Å². The maximum Gasteiger partial charge on any atom is 0.268 e. The van der Waals surface area contributed by atoms with Crippen molar-refractivity contribution in [3.05, 3.63) is 87.8 Å². The summed E-state index contributed by atoms with van der Waals surface area (Å²) in [5.41, 5.74) is 3.27. The van der Waals surface area contributed by atoms with Crippen LogP contribution in [0.25, 0.3) is 5.57 Å². The molecule has 1 atom stereocenters. The largest absolute Gasteiger partial charge is 0.394 e. The quantitative estimate of drug-likeness (QED) is 0.400. The minimum Gasteiger partial charge on any atom is -0.394 e. The number of aromatic nitrogens is 1. The minimum atomic E-state index is -0.577. The molecule has 0 aliphatic heterocycles. The molecule has 30 heavy (non-hydrogen) atoms. The first kappa shape index (κ1) is 23.8. The summed E-state index contributed by atoms with van der Waals surface area (Å²) in [6, 6.07) is 8.38. The molecule has 1 aromatic heterocycles. The number of aromatic amines is 1. The second-order valence-corrected chi connectivity index (χ2v) is 7.93. The van der Waals surface area contributed by atoms with Crippen LogP contribution in [0, 0.1) is 0 Å². The van der Waals surface area contributed by atoms with Gasteiger partial charge in [-0.2, -0.15) is 0 Å². The van der Waals surface area contributed by atoms with Crippen molar-refractivity contribution in [1.29, 1.82) is 0 Å². The highest BCUT2D eigenvalue weighted by atomic mass is 35.5. The van der Waals surface area contributed by atoms with Gasteiger partial charge >= 0.3 is 0 Å². The molecule has 2 aromatic rings. The number of allylic oxidation sites excluding steroid dienone is 4. The minimum absolute atomic E-state index is 0.230. The molecule has 0 unspecified atom stereocenters. The Labute approximate surface area is 187 Å². The van der Waals surface area contributed by atoms with Crippen LogP contribution in [0.3, 0.4) is 0 Å². The lowest BCUT2D eigenvalue weighted by molar-refractivity contribution is 0.0911.